The van der Waals surface area contributed by atoms with Gasteiger partial charge in [-0.25, -0.2) is 0 Å². The molecule has 2 aromatic rings. The molecular formula is C17H22N2O2. The summed E-state index contributed by atoms with van der Waals surface area (Å²) < 4.78 is 0. The van der Waals surface area contributed by atoms with Crippen LogP contribution < -0.4 is 5.32 Å². The maximum absolute atomic E-state index is 12.5. The van der Waals surface area contributed by atoms with Gasteiger partial charge in [0.25, 0.3) is 5.91 Å². The lowest BCUT2D eigenvalue weighted by Crippen LogP contribution is -2.49. The fourth-order valence-electron chi connectivity index (χ4n) is 3.40. The van der Waals surface area contributed by atoms with Gasteiger partial charge < -0.3 is 15.4 Å². The maximum Gasteiger partial charge on any atom is 0.268 e. The summed E-state index contributed by atoms with van der Waals surface area (Å²) in [5.74, 6) is -0.126. The van der Waals surface area contributed by atoms with Gasteiger partial charge in [0.05, 0.1) is 12.1 Å². The molecule has 4 nitrogen and oxygen atoms in total. The summed E-state index contributed by atoms with van der Waals surface area (Å²) in [4.78, 5) is 15.7. The Morgan fingerprint density at radius 2 is 2.00 bits per heavy atom. The number of aliphatic hydroxyl groups excluding tert-OH is 1. The van der Waals surface area contributed by atoms with Crippen LogP contribution in [0.1, 0.15) is 47.3 Å². The average molecular weight is 286 g/mol. The van der Waals surface area contributed by atoms with Crippen LogP contribution in [0.3, 0.4) is 0 Å². The summed E-state index contributed by atoms with van der Waals surface area (Å²) in [5.41, 5.74) is 3.47. The largest absolute Gasteiger partial charge is 0.394 e. The van der Waals surface area contributed by atoms with Crippen molar-refractivity contribution in [2.45, 2.75) is 45.1 Å². The number of fused-ring (bicyclic) bond motifs is 1. The second-order valence-corrected chi connectivity index (χ2v) is 6.33. The fourth-order valence-corrected chi connectivity index (χ4v) is 3.40. The molecular weight excluding hydrogens is 264 g/mol. The lowest BCUT2D eigenvalue weighted by molar-refractivity contribution is 0.0834. The number of carbonyl (C=O) groups is 1. The van der Waals surface area contributed by atoms with E-state index in [0.29, 0.717) is 5.69 Å². The predicted molar refractivity (Wildman–Crippen MR) is 83.5 cm³/mol. The van der Waals surface area contributed by atoms with Gasteiger partial charge in [-0.05, 0) is 49.9 Å². The molecule has 112 valence electrons. The van der Waals surface area contributed by atoms with Crippen LogP contribution in [0, 0.1) is 13.8 Å². The number of aryl methyl sites for hydroxylation is 2. The molecule has 0 bridgehead atoms. The van der Waals surface area contributed by atoms with Crippen LogP contribution in [-0.4, -0.2) is 28.1 Å². The van der Waals surface area contributed by atoms with Gasteiger partial charge in [-0.1, -0.05) is 18.9 Å². The lowest BCUT2D eigenvalue weighted by atomic mass is 9.99. The van der Waals surface area contributed by atoms with Gasteiger partial charge >= 0.3 is 0 Å². The quantitative estimate of drug-likeness (QED) is 0.812. The molecule has 0 radical (unpaired) electrons. The zero-order valence-electron chi connectivity index (χ0n) is 12.6. The number of rotatable bonds is 3. The number of hydrogen-bond donors (Lipinski definition) is 3. The highest BCUT2D eigenvalue weighted by Gasteiger charge is 2.35. The molecule has 3 rings (SSSR count). The van der Waals surface area contributed by atoms with Gasteiger partial charge in [0.1, 0.15) is 5.69 Å². The van der Waals surface area contributed by atoms with Crippen molar-refractivity contribution in [1.29, 1.82) is 0 Å². The minimum Gasteiger partial charge on any atom is -0.394 e. The second kappa shape index (κ2) is 5.19. The highest BCUT2D eigenvalue weighted by atomic mass is 16.3. The van der Waals surface area contributed by atoms with E-state index in [1.165, 1.54) is 5.56 Å². The Bertz CT molecular complexity index is 681. The third kappa shape index (κ3) is 2.56. The van der Waals surface area contributed by atoms with E-state index in [-0.39, 0.29) is 12.5 Å². The third-order valence-electron chi connectivity index (χ3n) is 4.58. The summed E-state index contributed by atoms with van der Waals surface area (Å²) in [7, 11) is 0. The van der Waals surface area contributed by atoms with E-state index in [1.807, 2.05) is 13.0 Å². The molecule has 1 heterocycles. The Morgan fingerprint density at radius 3 is 2.67 bits per heavy atom. The smallest absolute Gasteiger partial charge is 0.268 e. The molecule has 0 spiro atoms. The van der Waals surface area contributed by atoms with Crippen molar-refractivity contribution in [1.82, 2.24) is 10.3 Å². The van der Waals surface area contributed by atoms with Crippen molar-refractivity contribution in [3.05, 3.63) is 35.0 Å². The molecule has 1 aromatic carbocycles. The van der Waals surface area contributed by atoms with Crippen molar-refractivity contribution >= 4 is 16.8 Å². The van der Waals surface area contributed by atoms with Gasteiger partial charge in [-0.3, -0.25) is 4.79 Å². The number of aromatic amines is 1. The summed E-state index contributed by atoms with van der Waals surface area (Å²) >= 11 is 0. The molecule has 0 saturated heterocycles. The van der Waals surface area contributed by atoms with Crippen molar-refractivity contribution < 1.29 is 9.90 Å². The Labute approximate surface area is 124 Å². The number of aromatic nitrogens is 1. The third-order valence-corrected chi connectivity index (χ3v) is 4.58. The van der Waals surface area contributed by atoms with Crippen LogP contribution in [0.4, 0.5) is 0 Å². The number of benzene rings is 1. The van der Waals surface area contributed by atoms with E-state index in [9.17, 15) is 9.90 Å². The monoisotopic (exact) mass is 286 g/mol. The van der Waals surface area contributed by atoms with E-state index in [4.69, 9.17) is 0 Å². The Kier molecular flexibility index (Phi) is 3.49. The molecule has 0 atom stereocenters. The topological polar surface area (TPSA) is 65.1 Å². The molecule has 1 aliphatic carbocycles. The molecule has 1 aliphatic rings. The van der Waals surface area contributed by atoms with E-state index < -0.39 is 5.54 Å². The molecule has 4 heteroatoms. The Morgan fingerprint density at radius 1 is 1.29 bits per heavy atom. The van der Waals surface area contributed by atoms with E-state index >= 15 is 0 Å². The SMILES string of the molecule is Cc1cc(C)c2cc(C(=O)NC3(CO)CCCC3)[nH]c2c1. The van der Waals surface area contributed by atoms with E-state index in [0.717, 1.165) is 42.1 Å². The van der Waals surface area contributed by atoms with Crippen molar-refractivity contribution in [3.8, 4) is 0 Å². The molecule has 21 heavy (non-hydrogen) atoms. The van der Waals surface area contributed by atoms with Gasteiger partial charge in [-0.2, -0.15) is 0 Å². The number of nitrogens with one attached hydrogen (secondary N) is 2. The van der Waals surface area contributed by atoms with Crippen LogP contribution in [0.5, 0.6) is 0 Å². The number of amides is 1. The average Bonchev–Trinajstić information content (AvgIpc) is 3.05. The molecule has 1 saturated carbocycles. The van der Waals surface area contributed by atoms with Crippen LogP contribution in [-0.2, 0) is 0 Å². The molecule has 1 aromatic heterocycles. The minimum absolute atomic E-state index is 0.0110. The summed E-state index contributed by atoms with van der Waals surface area (Å²) in [6.45, 7) is 4.11. The minimum atomic E-state index is -0.431. The first-order chi connectivity index (χ1) is 10.0. The van der Waals surface area contributed by atoms with Crippen LogP contribution in [0.2, 0.25) is 0 Å². The molecule has 0 unspecified atom stereocenters. The maximum atomic E-state index is 12.5. The molecule has 1 fully saturated rings. The number of hydrogen-bond acceptors (Lipinski definition) is 2. The summed E-state index contributed by atoms with van der Waals surface area (Å²) in [6.07, 6.45) is 3.83. The highest BCUT2D eigenvalue weighted by molar-refractivity contribution is 5.99. The van der Waals surface area contributed by atoms with Gasteiger partial charge in [0, 0.05) is 10.9 Å². The molecule has 1 amide bonds. The normalized spacial score (nSPS) is 17.3. The van der Waals surface area contributed by atoms with Gasteiger partial charge in [-0.15, -0.1) is 0 Å². The number of carbonyl (C=O) groups excluding carboxylic acids is 1. The Hall–Kier alpha value is -1.81. The van der Waals surface area contributed by atoms with Crippen LogP contribution in [0.15, 0.2) is 18.2 Å². The standard InChI is InChI=1S/C17H22N2O2/c1-11-7-12(2)13-9-15(18-14(13)8-11)16(21)19-17(10-20)5-3-4-6-17/h7-9,18,20H,3-6,10H2,1-2H3,(H,19,21). The van der Waals surface area contributed by atoms with Gasteiger partial charge in [0.2, 0.25) is 0 Å². The molecule has 3 N–H and O–H groups in total. The lowest BCUT2D eigenvalue weighted by Gasteiger charge is -2.27. The first kappa shape index (κ1) is 14.1. The van der Waals surface area contributed by atoms with Crippen molar-refractivity contribution in [3.63, 3.8) is 0 Å². The van der Waals surface area contributed by atoms with Crippen molar-refractivity contribution in [2.75, 3.05) is 6.61 Å². The fraction of sp³-hybridized carbons (Fsp3) is 0.471. The number of aliphatic hydroxyl groups is 1. The highest BCUT2D eigenvalue weighted by Crippen LogP contribution is 2.30. The zero-order chi connectivity index (χ0) is 15.0. The summed E-state index contributed by atoms with van der Waals surface area (Å²) in [6, 6.07) is 6.07. The van der Waals surface area contributed by atoms with Crippen LogP contribution >= 0.6 is 0 Å². The first-order valence-electron chi connectivity index (χ1n) is 7.56. The Balaban J connectivity index is 1.89. The van der Waals surface area contributed by atoms with E-state index in [2.05, 4.69) is 29.4 Å². The van der Waals surface area contributed by atoms with Crippen LogP contribution in [0.25, 0.3) is 10.9 Å². The number of H-pyrrole nitrogens is 1. The zero-order valence-corrected chi connectivity index (χ0v) is 12.6. The summed E-state index contributed by atoms with van der Waals surface area (Å²) in [5, 5.41) is 13.7. The molecule has 0 aliphatic heterocycles. The van der Waals surface area contributed by atoms with E-state index in [1.54, 1.807) is 0 Å². The second-order valence-electron chi connectivity index (χ2n) is 6.33. The van der Waals surface area contributed by atoms with Gasteiger partial charge in [0.15, 0.2) is 0 Å². The predicted octanol–water partition coefficient (Wildman–Crippen LogP) is 2.82. The first-order valence-corrected chi connectivity index (χ1v) is 7.56. The van der Waals surface area contributed by atoms with Crippen molar-refractivity contribution in [2.24, 2.45) is 0 Å².